The van der Waals surface area contributed by atoms with Crippen molar-refractivity contribution < 1.29 is 4.79 Å². The number of hydrogen-bond acceptors (Lipinski definition) is 5. The van der Waals surface area contributed by atoms with Crippen LogP contribution in [0.4, 0.5) is 10.6 Å². The number of amides is 2. The van der Waals surface area contributed by atoms with Crippen molar-refractivity contribution in [3.05, 3.63) is 21.8 Å². The number of thiazole rings is 1. The highest BCUT2D eigenvalue weighted by Gasteiger charge is 2.16. The van der Waals surface area contributed by atoms with Crippen LogP contribution in [0.3, 0.4) is 0 Å². The summed E-state index contributed by atoms with van der Waals surface area (Å²) in [5, 5.41) is 14.0. The third-order valence-corrected chi connectivity index (χ3v) is 4.44. The molecule has 8 heteroatoms. The second-order valence-electron chi connectivity index (χ2n) is 4.70. The molecular weight excluding hydrogens is 276 g/mol. The zero-order chi connectivity index (χ0) is 13.9. The van der Waals surface area contributed by atoms with Crippen LogP contribution in [0.25, 0.3) is 0 Å². The quantitative estimate of drug-likeness (QED) is 0.884. The maximum atomic E-state index is 11.7. The Hall–Kier alpha value is -1.96. The molecule has 7 nitrogen and oxygen atoms in total. The molecule has 0 saturated heterocycles. The van der Waals surface area contributed by atoms with Crippen molar-refractivity contribution in [3.63, 3.8) is 0 Å². The van der Waals surface area contributed by atoms with Crippen molar-refractivity contribution in [3.8, 4) is 0 Å². The molecule has 0 saturated carbocycles. The lowest BCUT2D eigenvalue weighted by Crippen LogP contribution is -2.31. The van der Waals surface area contributed by atoms with Crippen LogP contribution in [0.1, 0.15) is 22.0 Å². The number of fused-ring (bicyclic) bond motifs is 1. The molecule has 0 aliphatic heterocycles. The molecule has 2 aromatic rings. The number of carbonyl (C=O) groups is 1. The summed E-state index contributed by atoms with van der Waals surface area (Å²) in [6.45, 7) is 0.573. The zero-order valence-corrected chi connectivity index (χ0v) is 12.0. The molecule has 2 aromatic heterocycles. The normalized spacial score (nSPS) is 13.2. The van der Waals surface area contributed by atoms with Gasteiger partial charge in [0.1, 0.15) is 0 Å². The topological polar surface area (TPSA) is 84.7 Å². The van der Waals surface area contributed by atoms with Gasteiger partial charge in [-0.15, -0.1) is 16.4 Å². The molecule has 2 amide bonds. The van der Waals surface area contributed by atoms with E-state index in [4.69, 9.17) is 0 Å². The molecule has 0 bridgehead atoms. The van der Waals surface area contributed by atoms with Crippen molar-refractivity contribution in [2.24, 2.45) is 7.05 Å². The molecule has 3 rings (SSSR count). The maximum Gasteiger partial charge on any atom is 0.320 e. The number of nitrogens with zero attached hydrogens (tertiary/aromatic N) is 4. The fourth-order valence-electron chi connectivity index (χ4n) is 2.20. The van der Waals surface area contributed by atoms with Gasteiger partial charge in [-0.3, -0.25) is 5.32 Å². The first-order chi connectivity index (χ1) is 9.72. The summed E-state index contributed by atoms with van der Waals surface area (Å²) < 4.78 is 1.50. The Bertz CT molecular complexity index is 598. The van der Waals surface area contributed by atoms with Crippen LogP contribution in [-0.2, 0) is 26.3 Å². The molecule has 1 aliphatic carbocycles. The average molecular weight is 292 g/mol. The Morgan fingerprint density at radius 1 is 1.50 bits per heavy atom. The third kappa shape index (κ3) is 2.79. The molecule has 106 valence electrons. The zero-order valence-electron chi connectivity index (χ0n) is 11.2. The van der Waals surface area contributed by atoms with Crippen molar-refractivity contribution in [2.75, 3.05) is 11.9 Å². The van der Waals surface area contributed by atoms with Gasteiger partial charge in [0.05, 0.1) is 16.9 Å². The SMILES string of the molecule is Cn1nncc1NC(=O)NCCc1nc2c(s1)CCC2. The van der Waals surface area contributed by atoms with Gasteiger partial charge in [-0.1, -0.05) is 5.21 Å². The summed E-state index contributed by atoms with van der Waals surface area (Å²) in [7, 11) is 1.72. The Morgan fingerprint density at radius 3 is 3.15 bits per heavy atom. The highest BCUT2D eigenvalue weighted by atomic mass is 32.1. The van der Waals surface area contributed by atoms with Crippen molar-refractivity contribution in [2.45, 2.75) is 25.7 Å². The number of carbonyl (C=O) groups excluding carboxylic acids is 1. The van der Waals surface area contributed by atoms with Gasteiger partial charge in [-0.2, -0.15) is 0 Å². The van der Waals surface area contributed by atoms with E-state index < -0.39 is 0 Å². The molecule has 0 unspecified atom stereocenters. The average Bonchev–Trinajstić information content (AvgIpc) is 3.07. The Labute approximate surface area is 120 Å². The summed E-state index contributed by atoms with van der Waals surface area (Å²) in [4.78, 5) is 17.7. The Balaban J connectivity index is 1.45. The minimum Gasteiger partial charge on any atom is -0.337 e. The van der Waals surface area contributed by atoms with E-state index in [0.717, 1.165) is 24.3 Å². The van der Waals surface area contributed by atoms with Gasteiger partial charge in [0, 0.05) is 24.9 Å². The molecule has 0 radical (unpaired) electrons. The lowest BCUT2D eigenvalue weighted by Gasteiger charge is -2.05. The molecule has 2 N–H and O–H groups in total. The molecule has 1 aliphatic rings. The highest BCUT2D eigenvalue weighted by molar-refractivity contribution is 7.11. The Kier molecular flexibility index (Phi) is 3.64. The van der Waals surface area contributed by atoms with Crippen molar-refractivity contribution >= 4 is 23.2 Å². The standard InChI is InChI=1S/C12H16N6OS/c1-18-10(7-14-17-18)16-12(19)13-6-5-11-15-8-3-2-4-9(8)20-11/h7H,2-6H2,1H3,(H2,13,16,19). The Morgan fingerprint density at radius 2 is 2.40 bits per heavy atom. The first-order valence-corrected chi connectivity index (χ1v) is 7.41. The first-order valence-electron chi connectivity index (χ1n) is 6.59. The van der Waals surface area contributed by atoms with Gasteiger partial charge in [-0.25, -0.2) is 14.5 Å². The van der Waals surface area contributed by atoms with E-state index in [1.807, 2.05) is 0 Å². The number of hydrogen-bond donors (Lipinski definition) is 2. The smallest absolute Gasteiger partial charge is 0.320 e. The van der Waals surface area contributed by atoms with Crippen LogP contribution in [0, 0.1) is 0 Å². The second kappa shape index (κ2) is 5.58. The molecule has 20 heavy (non-hydrogen) atoms. The number of aryl methyl sites for hydroxylation is 3. The third-order valence-electron chi connectivity index (χ3n) is 3.22. The number of urea groups is 1. The van der Waals surface area contributed by atoms with Gasteiger partial charge in [0.15, 0.2) is 5.82 Å². The minimum atomic E-state index is -0.250. The van der Waals surface area contributed by atoms with Gasteiger partial charge >= 0.3 is 6.03 Å². The summed E-state index contributed by atoms with van der Waals surface area (Å²) in [5.74, 6) is 0.565. The predicted molar refractivity (Wildman–Crippen MR) is 75.9 cm³/mol. The van der Waals surface area contributed by atoms with Gasteiger partial charge in [0.25, 0.3) is 0 Å². The van der Waals surface area contributed by atoms with E-state index in [1.165, 1.54) is 27.9 Å². The summed E-state index contributed by atoms with van der Waals surface area (Å²) in [5.41, 5.74) is 1.26. The molecule has 2 heterocycles. The molecule has 0 atom stereocenters. The molecule has 0 spiro atoms. The van der Waals surface area contributed by atoms with E-state index >= 15 is 0 Å². The van der Waals surface area contributed by atoms with E-state index in [9.17, 15) is 4.79 Å². The number of aromatic nitrogens is 4. The van der Waals surface area contributed by atoms with Crippen LogP contribution in [0.5, 0.6) is 0 Å². The highest BCUT2D eigenvalue weighted by Crippen LogP contribution is 2.27. The van der Waals surface area contributed by atoms with E-state index in [1.54, 1.807) is 18.4 Å². The fraction of sp³-hybridized carbons (Fsp3) is 0.500. The van der Waals surface area contributed by atoms with Crippen LogP contribution in [0.2, 0.25) is 0 Å². The van der Waals surface area contributed by atoms with Crippen LogP contribution >= 0.6 is 11.3 Å². The summed E-state index contributed by atoms with van der Waals surface area (Å²) >= 11 is 1.77. The second-order valence-corrected chi connectivity index (χ2v) is 5.87. The monoisotopic (exact) mass is 292 g/mol. The summed E-state index contributed by atoms with van der Waals surface area (Å²) in [6, 6.07) is -0.250. The van der Waals surface area contributed by atoms with Crippen LogP contribution in [0.15, 0.2) is 6.20 Å². The molecule has 0 aromatic carbocycles. The van der Waals surface area contributed by atoms with E-state index in [0.29, 0.717) is 12.4 Å². The van der Waals surface area contributed by atoms with Crippen molar-refractivity contribution in [1.29, 1.82) is 0 Å². The molecule has 0 fully saturated rings. The van der Waals surface area contributed by atoms with Gasteiger partial charge < -0.3 is 5.32 Å². The van der Waals surface area contributed by atoms with Crippen LogP contribution < -0.4 is 10.6 Å². The number of anilines is 1. The number of nitrogens with one attached hydrogen (secondary N) is 2. The fourth-order valence-corrected chi connectivity index (χ4v) is 3.35. The van der Waals surface area contributed by atoms with Gasteiger partial charge in [0.2, 0.25) is 0 Å². The summed E-state index contributed by atoms with van der Waals surface area (Å²) in [6.07, 6.45) is 5.77. The van der Waals surface area contributed by atoms with E-state index in [2.05, 4.69) is 25.9 Å². The predicted octanol–water partition coefficient (Wildman–Crippen LogP) is 1.12. The lowest BCUT2D eigenvalue weighted by atomic mass is 10.3. The van der Waals surface area contributed by atoms with Crippen LogP contribution in [-0.4, -0.2) is 32.6 Å². The largest absolute Gasteiger partial charge is 0.337 e. The first kappa shape index (κ1) is 13.0. The maximum absolute atomic E-state index is 11.7. The van der Waals surface area contributed by atoms with E-state index in [-0.39, 0.29) is 6.03 Å². The molecular formula is C12H16N6OS. The van der Waals surface area contributed by atoms with Gasteiger partial charge in [-0.05, 0) is 19.3 Å². The van der Waals surface area contributed by atoms with Crippen molar-refractivity contribution in [1.82, 2.24) is 25.3 Å². The minimum absolute atomic E-state index is 0.250. The lowest BCUT2D eigenvalue weighted by molar-refractivity contribution is 0.252. The number of rotatable bonds is 4.